The normalized spacial score (nSPS) is 20.9. The molecule has 0 aromatic carbocycles. The molecule has 0 saturated carbocycles. The Labute approximate surface area is 111 Å². The molecular weight excluding hydrogens is 228 g/mol. The van der Waals surface area contributed by atoms with Crippen LogP contribution in [0.5, 0.6) is 0 Å². The van der Waals surface area contributed by atoms with E-state index in [-0.39, 0.29) is 6.09 Å². The van der Waals surface area contributed by atoms with Gasteiger partial charge in [-0.15, -0.1) is 0 Å². The van der Waals surface area contributed by atoms with Crippen LogP contribution in [0.4, 0.5) is 4.79 Å². The van der Waals surface area contributed by atoms with Crippen molar-refractivity contribution in [1.82, 2.24) is 10.2 Å². The first-order chi connectivity index (χ1) is 8.42. The van der Waals surface area contributed by atoms with Crippen LogP contribution in [0, 0.1) is 5.92 Å². The zero-order valence-electron chi connectivity index (χ0n) is 12.3. The van der Waals surface area contributed by atoms with Gasteiger partial charge in [0.2, 0.25) is 0 Å². The lowest BCUT2D eigenvalue weighted by atomic mass is 9.93. The lowest BCUT2D eigenvalue weighted by molar-refractivity contribution is 0.0161. The minimum Gasteiger partial charge on any atom is -0.444 e. The first-order valence-corrected chi connectivity index (χ1v) is 7.05. The highest BCUT2D eigenvalue weighted by Gasteiger charge is 2.27. The standard InChI is InChI=1S/C14H28N2O2/c1-14(2,3)18-13(17)16-10-6-8-12(11-16)7-5-9-15-4/h12,15H,5-11H2,1-4H3. The van der Waals surface area contributed by atoms with Crippen molar-refractivity contribution in [3.8, 4) is 0 Å². The van der Waals surface area contributed by atoms with Crippen molar-refractivity contribution in [3.05, 3.63) is 0 Å². The van der Waals surface area contributed by atoms with Crippen molar-refractivity contribution >= 4 is 6.09 Å². The molecule has 0 aliphatic carbocycles. The third-order valence-electron chi connectivity index (χ3n) is 3.21. The summed E-state index contributed by atoms with van der Waals surface area (Å²) < 4.78 is 5.43. The minimum atomic E-state index is -0.393. The Kier molecular flexibility index (Phi) is 5.93. The van der Waals surface area contributed by atoms with Crippen molar-refractivity contribution in [1.29, 1.82) is 0 Å². The summed E-state index contributed by atoms with van der Waals surface area (Å²) in [4.78, 5) is 13.9. The van der Waals surface area contributed by atoms with Gasteiger partial charge >= 0.3 is 6.09 Å². The van der Waals surface area contributed by atoms with Gasteiger partial charge in [-0.25, -0.2) is 4.79 Å². The van der Waals surface area contributed by atoms with Crippen molar-refractivity contribution in [2.45, 2.75) is 52.1 Å². The fourth-order valence-corrected chi connectivity index (χ4v) is 2.36. The molecule has 4 heteroatoms. The second kappa shape index (κ2) is 6.98. The van der Waals surface area contributed by atoms with E-state index in [1.54, 1.807) is 0 Å². The zero-order chi connectivity index (χ0) is 13.6. The van der Waals surface area contributed by atoms with Crippen molar-refractivity contribution in [2.75, 3.05) is 26.7 Å². The molecule has 0 radical (unpaired) electrons. The number of nitrogens with zero attached hydrogens (tertiary/aromatic N) is 1. The fraction of sp³-hybridized carbons (Fsp3) is 0.929. The maximum absolute atomic E-state index is 12.0. The Hall–Kier alpha value is -0.770. The quantitative estimate of drug-likeness (QED) is 0.786. The van der Waals surface area contributed by atoms with Gasteiger partial charge in [-0.2, -0.15) is 0 Å². The largest absolute Gasteiger partial charge is 0.444 e. The summed E-state index contributed by atoms with van der Waals surface area (Å²) in [6.45, 7) is 8.51. The smallest absolute Gasteiger partial charge is 0.410 e. The highest BCUT2D eigenvalue weighted by Crippen LogP contribution is 2.22. The van der Waals surface area contributed by atoms with Crippen LogP contribution in [-0.4, -0.2) is 43.3 Å². The molecule has 4 nitrogen and oxygen atoms in total. The number of rotatable bonds is 4. The fourth-order valence-electron chi connectivity index (χ4n) is 2.36. The molecule has 1 fully saturated rings. The van der Waals surface area contributed by atoms with E-state index in [4.69, 9.17) is 4.74 Å². The first kappa shape index (κ1) is 15.3. The third-order valence-corrected chi connectivity index (χ3v) is 3.21. The van der Waals surface area contributed by atoms with E-state index >= 15 is 0 Å². The average Bonchev–Trinajstić information content (AvgIpc) is 2.27. The summed E-state index contributed by atoms with van der Waals surface area (Å²) in [7, 11) is 1.98. The number of amides is 1. The second-order valence-electron chi connectivity index (χ2n) is 6.18. The molecule has 1 N–H and O–H groups in total. The molecule has 1 amide bonds. The molecule has 1 heterocycles. The molecule has 1 rings (SSSR count). The summed E-state index contributed by atoms with van der Waals surface area (Å²) in [5, 5.41) is 3.17. The number of likely N-dealkylation sites (tertiary alicyclic amines) is 1. The summed E-state index contributed by atoms with van der Waals surface area (Å²) in [5.41, 5.74) is -0.393. The van der Waals surface area contributed by atoms with Gasteiger partial charge < -0.3 is 15.0 Å². The number of carbonyl (C=O) groups excluding carboxylic acids is 1. The third kappa shape index (κ3) is 5.71. The molecule has 0 aromatic heterocycles. The van der Waals surface area contributed by atoms with Crippen LogP contribution in [-0.2, 0) is 4.74 Å². The molecule has 0 bridgehead atoms. The molecule has 1 saturated heterocycles. The van der Waals surface area contributed by atoms with Crippen LogP contribution in [0.3, 0.4) is 0 Å². The number of piperidine rings is 1. The van der Waals surface area contributed by atoms with E-state index in [2.05, 4.69) is 5.32 Å². The average molecular weight is 256 g/mol. The summed E-state index contributed by atoms with van der Waals surface area (Å²) >= 11 is 0. The van der Waals surface area contributed by atoms with Crippen LogP contribution in [0.25, 0.3) is 0 Å². The predicted octanol–water partition coefficient (Wildman–Crippen LogP) is 2.63. The van der Waals surface area contributed by atoms with Gasteiger partial charge in [0.15, 0.2) is 0 Å². The second-order valence-corrected chi connectivity index (χ2v) is 6.18. The van der Waals surface area contributed by atoms with Crippen LogP contribution in [0.2, 0.25) is 0 Å². The molecule has 1 atom stereocenters. The Morgan fingerprint density at radius 2 is 2.17 bits per heavy atom. The summed E-state index contributed by atoms with van der Waals surface area (Å²) in [5.74, 6) is 0.639. The topological polar surface area (TPSA) is 41.6 Å². The van der Waals surface area contributed by atoms with Crippen LogP contribution >= 0.6 is 0 Å². The molecule has 0 spiro atoms. The van der Waals surface area contributed by atoms with Gasteiger partial charge in [-0.1, -0.05) is 0 Å². The Morgan fingerprint density at radius 1 is 1.44 bits per heavy atom. The van der Waals surface area contributed by atoms with E-state index in [9.17, 15) is 4.79 Å². The van der Waals surface area contributed by atoms with Crippen molar-refractivity contribution < 1.29 is 9.53 Å². The maximum Gasteiger partial charge on any atom is 0.410 e. The first-order valence-electron chi connectivity index (χ1n) is 7.05. The minimum absolute atomic E-state index is 0.152. The van der Waals surface area contributed by atoms with Gasteiger partial charge in [0.1, 0.15) is 5.60 Å². The molecule has 0 aromatic rings. The van der Waals surface area contributed by atoms with Crippen LogP contribution < -0.4 is 5.32 Å². The Balaban J connectivity index is 2.36. The number of nitrogens with one attached hydrogen (secondary N) is 1. The highest BCUT2D eigenvalue weighted by atomic mass is 16.6. The molecule has 106 valence electrons. The van der Waals surface area contributed by atoms with E-state index < -0.39 is 5.60 Å². The highest BCUT2D eigenvalue weighted by molar-refractivity contribution is 5.68. The lowest BCUT2D eigenvalue weighted by Crippen LogP contribution is -2.42. The lowest BCUT2D eigenvalue weighted by Gasteiger charge is -2.34. The number of ether oxygens (including phenoxy) is 1. The van der Waals surface area contributed by atoms with E-state index in [1.807, 2.05) is 32.7 Å². The van der Waals surface area contributed by atoms with Crippen LogP contribution in [0.1, 0.15) is 46.5 Å². The van der Waals surface area contributed by atoms with E-state index in [0.717, 1.165) is 26.1 Å². The molecule has 18 heavy (non-hydrogen) atoms. The van der Waals surface area contributed by atoms with Gasteiger partial charge in [0.05, 0.1) is 0 Å². The molecule has 1 aliphatic rings. The van der Waals surface area contributed by atoms with Gasteiger partial charge in [-0.05, 0) is 66.0 Å². The van der Waals surface area contributed by atoms with Gasteiger partial charge in [-0.3, -0.25) is 0 Å². The number of carbonyl (C=O) groups is 1. The Morgan fingerprint density at radius 3 is 2.78 bits per heavy atom. The summed E-state index contributed by atoms with van der Waals surface area (Å²) in [6, 6.07) is 0. The molecule has 1 unspecified atom stereocenters. The number of hydrogen-bond donors (Lipinski definition) is 1. The number of hydrogen-bond acceptors (Lipinski definition) is 3. The summed E-state index contributed by atoms with van der Waals surface area (Å²) in [6.07, 6.45) is 4.57. The molecular formula is C14H28N2O2. The van der Waals surface area contributed by atoms with E-state index in [0.29, 0.717) is 5.92 Å². The van der Waals surface area contributed by atoms with Crippen molar-refractivity contribution in [3.63, 3.8) is 0 Å². The van der Waals surface area contributed by atoms with Crippen LogP contribution in [0.15, 0.2) is 0 Å². The maximum atomic E-state index is 12.0. The van der Waals surface area contributed by atoms with Crippen molar-refractivity contribution in [2.24, 2.45) is 5.92 Å². The SMILES string of the molecule is CNCCCC1CCCN(C(=O)OC(C)(C)C)C1. The molecule has 1 aliphatic heterocycles. The zero-order valence-corrected chi connectivity index (χ0v) is 12.3. The predicted molar refractivity (Wildman–Crippen MR) is 73.7 cm³/mol. The van der Waals surface area contributed by atoms with Gasteiger partial charge in [0.25, 0.3) is 0 Å². The Bertz CT molecular complexity index is 261. The van der Waals surface area contributed by atoms with E-state index in [1.165, 1.54) is 19.3 Å². The van der Waals surface area contributed by atoms with Gasteiger partial charge in [0, 0.05) is 13.1 Å². The monoisotopic (exact) mass is 256 g/mol.